The summed E-state index contributed by atoms with van der Waals surface area (Å²) in [6.07, 6.45) is 0. The van der Waals surface area contributed by atoms with Crippen molar-refractivity contribution in [2.45, 2.75) is 0 Å². The molecule has 0 atom stereocenters. The van der Waals surface area contributed by atoms with Crippen molar-refractivity contribution in [3.8, 4) is 56.2 Å². The van der Waals surface area contributed by atoms with E-state index in [2.05, 4.69) is 146 Å². The lowest BCUT2D eigenvalue weighted by atomic mass is 9.90. The van der Waals surface area contributed by atoms with E-state index in [0.717, 1.165) is 66.5 Å². The SMILES string of the molecule is c1ccc(-c2cc(-c3ccccc3)nc(-c3cc(-c4ccc(-c5ccccc5)c5ccccc45)cc4c3oc3cc5ccccc5cc34)n2)cc1. The molecule has 0 unspecified atom stereocenters. The summed E-state index contributed by atoms with van der Waals surface area (Å²) in [6, 6.07) is 63.9. The summed E-state index contributed by atoms with van der Waals surface area (Å²) in [7, 11) is 0. The molecular weight excluding hydrogens is 621 g/mol. The van der Waals surface area contributed by atoms with Gasteiger partial charge in [0, 0.05) is 21.9 Å². The van der Waals surface area contributed by atoms with Gasteiger partial charge in [0.1, 0.15) is 11.2 Å². The zero-order valence-corrected chi connectivity index (χ0v) is 27.6. The molecule has 3 nitrogen and oxygen atoms in total. The molecular formula is C48H30N2O. The second-order valence-corrected chi connectivity index (χ2v) is 13.0. The van der Waals surface area contributed by atoms with E-state index in [1.54, 1.807) is 0 Å². The number of rotatable bonds is 5. The topological polar surface area (TPSA) is 38.9 Å². The average molecular weight is 651 g/mol. The van der Waals surface area contributed by atoms with Crippen LogP contribution >= 0.6 is 0 Å². The Hall–Kier alpha value is -6.84. The highest BCUT2D eigenvalue weighted by molar-refractivity contribution is 6.15. The predicted molar refractivity (Wildman–Crippen MR) is 212 cm³/mol. The Morgan fingerprint density at radius 1 is 0.333 bits per heavy atom. The molecule has 3 heteroatoms. The van der Waals surface area contributed by atoms with Gasteiger partial charge >= 0.3 is 0 Å². The number of aromatic nitrogens is 2. The van der Waals surface area contributed by atoms with Gasteiger partial charge in [-0.15, -0.1) is 0 Å². The van der Waals surface area contributed by atoms with Crippen molar-refractivity contribution in [3.05, 3.63) is 182 Å². The van der Waals surface area contributed by atoms with Crippen LogP contribution in [-0.4, -0.2) is 9.97 Å². The summed E-state index contributed by atoms with van der Waals surface area (Å²) in [5.74, 6) is 0.621. The zero-order valence-electron chi connectivity index (χ0n) is 27.6. The molecule has 0 spiro atoms. The third-order valence-corrected chi connectivity index (χ3v) is 9.87. The normalized spacial score (nSPS) is 11.5. The fraction of sp³-hybridized carbons (Fsp3) is 0. The minimum absolute atomic E-state index is 0.621. The number of fused-ring (bicyclic) bond motifs is 5. The van der Waals surface area contributed by atoms with E-state index in [4.69, 9.17) is 14.4 Å². The minimum atomic E-state index is 0.621. The van der Waals surface area contributed by atoms with Crippen molar-refractivity contribution in [1.29, 1.82) is 0 Å². The first-order valence-corrected chi connectivity index (χ1v) is 17.2. The molecule has 0 aliphatic heterocycles. The van der Waals surface area contributed by atoms with Crippen LogP contribution in [0.3, 0.4) is 0 Å². The molecule has 0 amide bonds. The first-order valence-electron chi connectivity index (χ1n) is 17.2. The Morgan fingerprint density at radius 3 is 1.45 bits per heavy atom. The van der Waals surface area contributed by atoms with E-state index in [-0.39, 0.29) is 0 Å². The van der Waals surface area contributed by atoms with Crippen molar-refractivity contribution < 1.29 is 4.42 Å². The Balaban J connectivity index is 1.29. The van der Waals surface area contributed by atoms with Gasteiger partial charge in [-0.3, -0.25) is 0 Å². The highest BCUT2D eigenvalue weighted by atomic mass is 16.3. The molecule has 8 aromatic carbocycles. The molecule has 2 heterocycles. The molecule has 10 aromatic rings. The van der Waals surface area contributed by atoms with E-state index in [9.17, 15) is 0 Å². The molecule has 2 aromatic heterocycles. The molecule has 51 heavy (non-hydrogen) atoms. The van der Waals surface area contributed by atoms with E-state index in [0.29, 0.717) is 5.82 Å². The lowest BCUT2D eigenvalue weighted by molar-refractivity contribution is 0.670. The summed E-state index contributed by atoms with van der Waals surface area (Å²) in [5.41, 5.74) is 10.9. The summed E-state index contributed by atoms with van der Waals surface area (Å²) in [4.78, 5) is 10.5. The summed E-state index contributed by atoms with van der Waals surface area (Å²) in [6.45, 7) is 0. The number of nitrogens with zero attached hydrogens (tertiary/aromatic N) is 2. The number of benzene rings is 8. The number of hydrogen-bond acceptors (Lipinski definition) is 3. The van der Waals surface area contributed by atoms with E-state index in [1.165, 1.54) is 27.3 Å². The van der Waals surface area contributed by atoms with Crippen LogP contribution in [-0.2, 0) is 0 Å². The lowest BCUT2D eigenvalue weighted by Crippen LogP contribution is -1.97. The highest BCUT2D eigenvalue weighted by Gasteiger charge is 2.21. The molecule has 0 saturated heterocycles. The Bertz CT molecular complexity index is 2840. The molecule has 0 aliphatic rings. The molecule has 0 radical (unpaired) electrons. The van der Waals surface area contributed by atoms with Crippen LogP contribution in [0.1, 0.15) is 0 Å². The number of hydrogen-bond donors (Lipinski definition) is 0. The molecule has 238 valence electrons. The Kier molecular flexibility index (Phi) is 6.81. The predicted octanol–water partition coefficient (Wildman–Crippen LogP) is 13.0. The third-order valence-electron chi connectivity index (χ3n) is 9.87. The smallest absolute Gasteiger partial charge is 0.164 e. The van der Waals surface area contributed by atoms with E-state index >= 15 is 0 Å². The van der Waals surface area contributed by atoms with Gasteiger partial charge in [0.15, 0.2) is 5.82 Å². The van der Waals surface area contributed by atoms with Crippen LogP contribution in [0.5, 0.6) is 0 Å². The van der Waals surface area contributed by atoms with Gasteiger partial charge in [0.25, 0.3) is 0 Å². The van der Waals surface area contributed by atoms with Crippen molar-refractivity contribution in [2.75, 3.05) is 0 Å². The van der Waals surface area contributed by atoms with Crippen LogP contribution < -0.4 is 0 Å². The summed E-state index contributed by atoms with van der Waals surface area (Å²) >= 11 is 0. The van der Waals surface area contributed by atoms with Crippen LogP contribution in [0.15, 0.2) is 186 Å². The zero-order chi connectivity index (χ0) is 33.7. The minimum Gasteiger partial charge on any atom is -0.455 e. The van der Waals surface area contributed by atoms with Crippen LogP contribution in [0, 0.1) is 0 Å². The van der Waals surface area contributed by atoms with Crippen LogP contribution in [0.25, 0.3) is 99.6 Å². The standard InChI is InChI=1S/C48H30N2O/c1-4-14-31(15-5-1)37-24-25-38(40-23-13-12-22-39(37)40)36-27-42-41-26-34-20-10-11-21-35(34)29-46(41)51-47(42)43(28-36)48-49-44(32-16-6-2-7-17-32)30-45(50-48)33-18-8-3-9-19-33/h1-30H. The first kappa shape index (κ1) is 29.1. The highest BCUT2D eigenvalue weighted by Crippen LogP contribution is 2.43. The largest absolute Gasteiger partial charge is 0.455 e. The average Bonchev–Trinajstić information content (AvgIpc) is 3.57. The van der Waals surface area contributed by atoms with E-state index < -0.39 is 0 Å². The van der Waals surface area contributed by atoms with Crippen molar-refractivity contribution in [2.24, 2.45) is 0 Å². The third kappa shape index (κ3) is 5.06. The molecule has 0 fully saturated rings. The molecule has 0 saturated carbocycles. The molecule has 0 N–H and O–H groups in total. The molecule has 0 aliphatic carbocycles. The van der Waals surface area contributed by atoms with Gasteiger partial charge in [0.05, 0.1) is 17.0 Å². The summed E-state index contributed by atoms with van der Waals surface area (Å²) < 4.78 is 6.81. The van der Waals surface area contributed by atoms with E-state index in [1.807, 2.05) is 36.4 Å². The fourth-order valence-electron chi connectivity index (χ4n) is 7.39. The maximum atomic E-state index is 6.81. The van der Waals surface area contributed by atoms with Crippen molar-refractivity contribution >= 4 is 43.5 Å². The molecule has 0 bridgehead atoms. The van der Waals surface area contributed by atoms with Gasteiger partial charge in [-0.25, -0.2) is 9.97 Å². The van der Waals surface area contributed by atoms with Crippen molar-refractivity contribution in [3.63, 3.8) is 0 Å². The van der Waals surface area contributed by atoms with Crippen LogP contribution in [0.2, 0.25) is 0 Å². The first-order chi connectivity index (χ1) is 25.3. The van der Waals surface area contributed by atoms with Crippen LogP contribution in [0.4, 0.5) is 0 Å². The molecule has 10 rings (SSSR count). The monoisotopic (exact) mass is 650 g/mol. The Morgan fingerprint density at radius 2 is 0.843 bits per heavy atom. The fourth-order valence-corrected chi connectivity index (χ4v) is 7.39. The van der Waals surface area contributed by atoms with Gasteiger partial charge < -0.3 is 4.42 Å². The number of furan rings is 1. The quantitative estimate of drug-likeness (QED) is 0.186. The Labute approximate surface area is 295 Å². The van der Waals surface area contributed by atoms with Gasteiger partial charge in [-0.2, -0.15) is 0 Å². The maximum Gasteiger partial charge on any atom is 0.164 e. The summed E-state index contributed by atoms with van der Waals surface area (Å²) in [5, 5.41) is 6.81. The maximum absolute atomic E-state index is 6.81. The lowest BCUT2D eigenvalue weighted by Gasteiger charge is -2.14. The van der Waals surface area contributed by atoms with Crippen molar-refractivity contribution in [1.82, 2.24) is 9.97 Å². The second kappa shape index (κ2) is 11.9. The second-order valence-electron chi connectivity index (χ2n) is 13.0. The van der Waals surface area contributed by atoms with Gasteiger partial charge in [0.2, 0.25) is 0 Å². The van der Waals surface area contributed by atoms with Gasteiger partial charge in [-0.1, -0.05) is 152 Å². The van der Waals surface area contributed by atoms with Gasteiger partial charge in [-0.05, 0) is 74.1 Å².